The quantitative estimate of drug-likeness (QED) is 0.105. The van der Waals surface area contributed by atoms with Gasteiger partial charge in [-0.25, -0.2) is 24.3 Å². The molecule has 0 saturated heterocycles. The van der Waals surface area contributed by atoms with Gasteiger partial charge in [0.15, 0.2) is 0 Å². The molecule has 0 atom stereocenters. The second-order valence-electron chi connectivity index (χ2n) is 19.8. The monoisotopic (exact) mass is 1050 g/mol. The van der Waals surface area contributed by atoms with Crippen molar-refractivity contribution in [1.29, 1.82) is 0 Å². The van der Waals surface area contributed by atoms with Crippen LogP contribution in [-0.4, -0.2) is 19.0 Å². The molecule has 328 valence electrons. The molecule has 0 aliphatic heterocycles. The normalized spacial score (nSPS) is 12.9. The molecule has 4 aliphatic carbocycles. The third kappa shape index (κ3) is 19.2. The summed E-state index contributed by atoms with van der Waals surface area (Å²) in [6.45, 7) is 36.0. The van der Waals surface area contributed by atoms with Crippen molar-refractivity contribution in [3.63, 3.8) is 0 Å². The third-order valence-corrected chi connectivity index (χ3v) is 10.1. The molecule has 8 rings (SSSR count). The van der Waals surface area contributed by atoms with Gasteiger partial charge < -0.3 is 24.8 Å². The predicted molar refractivity (Wildman–Crippen MR) is 263 cm³/mol. The number of hydrogen-bond acceptors (Lipinski definition) is 0. The summed E-state index contributed by atoms with van der Waals surface area (Å²) in [5.41, 5.74) is 17.4. The van der Waals surface area contributed by atoms with Crippen LogP contribution in [0.5, 0.6) is 0 Å². The number of benzene rings is 4. The molecule has 0 spiro atoms. The van der Waals surface area contributed by atoms with E-state index in [0.717, 1.165) is 44.7 Å². The van der Waals surface area contributed by atoms with Gasteiger partial charge in [-0.05, 0) is 56.8 Å². The van der Waals surface area contributed by atoms with Crippen LogP contribution in [0.4, 0.5) is 0 Å². The molecule has 4 aromatic carbocycles. The zero-order valence-electron chi connectivity index (χ0n) is 41.0. The molecule has 0 bridgehead atoms. The summed E-state index contributed by atoms with van der Waals surface area (Å²) >= 11 is 0. The van der Waals surface area contributed by atoms with E-state index in [4.69, 9.17) is 0 Å². The third-order valence-electron chi connectivity index (χ3n) is 10.1. The maximum Gasteiger partial charge on any atom is 3.00 e. The van der Waals surface area contributed by atoms with E-state index in [2.05, 4.69) is 206 Å². The van der Waals surface area contributed by atoms with Crippen molar-refractivity contribution in [1.82, 2.24) is 0 Å². The van der Waals surface area contributed by atoms with Gasteiger partial charge in [-0.3, -0.25) is 12.2 Å². The van der Waals surface area contributed by atoms with Crippen molar-refractivity contribution < 1.29 is 77.2 Å². The van der Waals surface area contributed by atoms with Gasteiger partial charge in [0, 0.05) is 19.0 Å². The van der Waals surface area contributed by atoms with E-state index in [9.17, 15) is 0 Å². The second kappa shape index (κ2) is 28.6. The second-order valence-corrected chi connectivity index (χ2v) is 22.1. The summed E-state index contributed by atoms with van der Waals surface area (Å²) in [7, 11) is 1.50. The first-order chi connectivity index (χ1) is 27.1. The van der Waals surface area contributed by atoms with Crippen molar-refractivity contribution in [2.75, 3.05) is 0 Å². The molecular formula is C56H74Cl2Si2Zr2. The Morgan fingerprint density at radius 3 is 0.968 bits per heavy atom. The molecule has 0 nitrogen and oxygen atoms in total. The van der Waals surface area contributed by atoms with Gasteiger partial charge in [0.2, 0.25) is 0 Å². The number of fused-ring (bicyclic) bond motifs is 6. The Morgan fingerprint density at radius 1 is 0.435 bits per heavy atom. The van der Waals surface area contributed by atoms with Gasteiger partial charge in [-0.15, -0.1) is 35.1 Å². The van der Waals surface area contributed by atoms with Crippen LogP contribution in [0.25, 0.3) is 22.3 Å². The van der Waals surface area contributed by atoms with Crippen molar-refractivity contribution in [3.8, 4) is 22.3 Å². The van der Waals surface area contributed by atoms with Crippen molar-refractivity contribution in [3.05, 3.63) is 166 Å². The van der Waals surface area contributed by atoms with Gasteiger partial charge in [0.25, 0.3) is 0 Å². The number of allylic oxidation sites excluding steroid dienone is 8. The van der Waals surface area contributed by atoms with Gasteiger partial charge in [0.1, 0.15) is 0 Å². The zero-order valence-corrected chi connectivity index (χ0v) is 49.7. The fourth-order valence-electron chi connectivity index (χ4n) is 6.74. The fraction of sp³-hybridized carbons (Fsp3) is 0.429. The van der Waals surface area contributed by atoms with Gasteiger partial charge >= 0.3 is 52.4 Å². The summed E-state index contributed by atoms with van der Waals surface area (Å²) in [6.07, 6.45) is 22.1. The Balaban J connectivity index is 0. The summed E-state index contributed by atoms with van der Waals surface area (Å²) in [4.78, 5) is 0. The van der Waals surface area contributed by atoms with Crippen LogP contribution in [0, 0.1) is 24.3 Å². The van der Waals surface area contributed by atoms with E-state index in [1.165, 1.54) is 66.8 Å². The van der Waals surface area contributed by atoms with Gasteiger partial charge in [0.05, 0.1) is 0 Å². The number of hydrogen-bond donors (Lipinski definition) is 0. The average Bonchev–Trinajstić information content (AvgIpc) is 3.98. The Morgan fingerprint density at radius 2 is 0.742 bits per heavy atom. The molecule has 0 saturated carbocycles. The smallest absolute Gasteiger partial charge is 1.00 e. The van der Waals surface area contributed by atoms with Crippen LogP contribution in [0.3, 0.4) is 0 Å². The van der Waals surface area contributed by atoms with Crippen molar-refractivity contribution in [2.45, 2.75) is 157 Å². The van der Waals surface area contributed by atoms with E-state index in [1.54, 1.807) is 0 Å². The molecule has 0 N–H and O–H groups in total. The molecule has 62 heavy (non-hydrogen) atoms. The van der Waals surface area contributed by atoms with Crippen LogP contribution in [0.15, 0.2) is 97.1 Å². The summed E-state index contributed by atoms with van der Waals surface area (Å²) in [5.74, 6) is 0. The SMILES string of the molecule is CC(C)(C)c1[c-]c2c(cc1)-c1ccc(C(C)(C)C)cc1C2.CC(C)(C)c1[c-]c2c(cc1)-c1ccc(C(C)(C)C)cc1C2.C[SiH]C.C[SiH]C.[C-]1=CC=CC1.[C-]1=CC=CC1.[Cl-].[Cl-].[Zr+3].[Zr+3]. The Labute approximate surface area is 436 Å². The first kappa shape index (κ1) is 62.7. The number of halogens is 2. The standard InChI is InChI=1S/2C21H25.2C5H5.2C2H7Si.2ClH.2Zr/c2*1-20(2,3)16-7-9-18-14(12-16)11-15-13-17(21(4,5)6)8-10-19(15)18;2*1-2-4-5-3-1;2*1-3-2;;;;/h2*7-10,12H,11H2,1-6H3;2*1-3H,4H2;2*3H,1-2H3;2*1H;;/q4*-1;;;;;2*+3/p-2. The Kier molecular flexibility index (Phi) is 28.9. The molecule has 0 aromatic heterocycles. The first-order valence-corrected chi connectivity index (χ1v) is 26.1. The predicted octanol–water partition coefficient (Wildman–Crippen LogP) is 8.96. The van der Waals surface area contributed by atoms with Crippen molar-refractivity contribution in [2.24, 2.45) is 0 Å². The Bertz CT molecular complexity index is 1770. The minimum absolute atomic E-state index is 0. The van der Waals surface area contributed by atoms with E-state index in [0.29, 0.717) is 0 Å². The van der Waals surface area contributed by atoms with E-state index in [1.807, 2.05) is 24.3 Å². The van der Waals surface area contributed by atoms with Gasteiger partial charge in [-0.2, -0.15) is 59.7 Å². The van der Waals surface area contributed by atoms with Gasteiger partial charge in [-0.1, -0.05) is 157 Å². The molecule has 6 heteroatoms. The van der Waals surface area contributed by atoms with E-state index >= 15 is 0 Å². The largest absolute Gasteiger partial charge is 3.00 e. The molecule has 0 unspecified atom stereocenters. The number of rotatable bonds is 0. The maximum atomic E-state index is 3.67. The van der Waals surface area contributed by atoms with Crippen LogP contribution in [0.1, 0.15) is 140 Å². The van der Waals surface area contributed by atoms with Crippen LogP contribution < -0.4 is 24.8 Å². The minimum atomic E-state index is 0. The topological polar surface area (TPSA) is 0 Å². The van der Waals surface area contributed by atoms with Crippen LogP contribution >= 0.6 is 0 Å². The first-order valence-electron chi connectivity index (χ1n) is 21.5. The van der Waals surface area contributed by atoms with Crippen LogP contribution in [0.2, 0.25) is 26.2 Å². The van der Waals surface area contributed by atoms with E-state index in [-0.39, 0.29) is 98.9 Å². The summed E-state index contributed by atoms with van der Waals surface area (Å²) in [6, 6.07) is 30.3. The molecule has 0 fully saturated rings. The van der Waals surface area contributed by atoms with Crippen LogP contribution in [-0.2, 0) is 86.9 Å². The summed E-state index contributed by atoms with van der Waals surface area (Å²) in [5, 5.41) is 0. The molecular weight excluding hydrogens is 982 g/mol. The molecule has 4 aromatic rings. The molecule has 0 amide bonds. The summed E-state index contributed by atoms with van der Waals surface area (Å²) < 4.78 is 0. The minimum Gasteiger partial charge on any atom is -1.00 e. The fourth-order valence-corrected chi connectivity index (χ4v) is 6.74. The molecule has 4 aliphatic rings. The average molecular weight is 1060 g/mol. The van der Waals surface area contributed by atoms with Crippen molar-refractivity contribution >= 4 is 19.0 Å². The molecule has 0 heterocycles. The maximum absolute atomic E-state index is 3.67. The zero-order chi connectivity index (χ0) is 43.3. The molecule has 4 radical (unpaired) electrons. The Hall–Kier alpha value is -1.38. The van der Waals surface area contributed by atoms with E-state index < -0.39 is 0 Å².